The molecule has 33 heavy (non-hydrogen) atoms. The topological polar surface area (TPSA) is 115 Å². The summed E-state index contributed by atoms with van der Waals surface area (Å²) in [6.45, 7) is 4.96. The molecule has 0 aliphatic carbocycles. The molecular weight excluding hydrogens is 458 g/mol. The summed E-state index contributed by atoms with van der Waals surface area (Å²) in [4.78, 5) is 30.1. The van der Waals surface area contributed by atoms with Crippen molar-refractivity contribution in [2.75, 3.05) is 25.9 Å². The van der Waals surface area contributed by atoms with E-state index in [-0.39, 0.29) is 11.6 Å². The van der Waals surface area contributed by atoms with Crippen molar-refractivity contribution in [1.29, 1.82) is 4.78 Å². The summed E-state index contributed by atoms with van der Waals surface area (Å²) in [5.74, 6) is 0.484. The van der Waals surface area contributed by atoms with Crippen LogP contribution >= 0.6 is 11.3 Å². The van der Waals surface area contributed by atoms with E-state index in [9.17, 15) is 9.00 Å². The number of likely N-dealkylation sites (tertiary alicyclic amines) is 1. The lowest BCUT2D eigenvalue weighted by Gasteiger charge is -2.41. The predicted octanol–water partition coefficient (Wildman–Crippen LogP) is 3.24. The van der Waals surface area contributed by atoms with Crippen LogP contribution in [0.25, 0.3) is 10.2 Å². The van der Waals surface area contributed by atoms with Crippen molar-refractivity contribution in [2.45, 2.75) is 42.8 Å². The number of amides is 2. The third-order valence-corrected chi connectivity index (χ3v) is 8.68. The molecule has 11 heteroatoms. The number of urea groups is 1. The highest BCUT2D eigenvalue weighted by molar-refractivity contribution is 7.91. The molecule has 9 nitrogen and oxygen atoms in total. The van der Waals surface area contributed by atoms with E-state index in [2.05, 4.69) is 50.3 Å². The maximum Gasteiger partial charge on any atom is 0.318 e. The molecule has 2 aliphatic heterocycles. The molecule has 2 saturated heterocycles. The number of benzene rings is 1. The first-order valence-electron chi connectivity index (χ1n) is 10.9. The minimum absolute atomic E-state index is 0.0991. The molecule has 0 bridgehead atoms. The molecule has 2 aromatic heterocycles. The number of thiazole rings is 1. The molecule has 3 aromatic rings. The van der Waals surface area contributed by atoms with Crippen LogP contribution in [0.2, 0.25) is 0 Å². The fourth-order valence-electron chi connectivity index (χ4n) is 4.67. The van der Waals surface area contributed by atoms with Crippen molar-refractivity contribution >= 4 is 37.3 Å². The summed E-state index contributed by atoms with van der Waals surface area (Å²) in [5, 5.41) is 3.22. The number of carbonyl (C=O) groups is 1. The standard InChI is InChI=1S/C22H27N7O2S2/c1-15(16-3-4-19-18(9-16)26-14-32-19)28-7-5-22(6-8-28)13-29(21(30)27-22)12-20-24-10-17(11-25-20)33(2,23)31/h3-4,9-11,14-15,23H,5-8,12-13H2,1-2H3,(H,27,30)/t15-,33?/m1/s1. The molecule has 1 spiro atoms. The Hall–Kier alpha value is -2.63. The highest BCUT2D eigenvalue weighted by Crippen LogP contribution is 2.33. The van der Waals surface area contributed by atoms with Gasteiger partial charge in [-0.2, -0.15) is 0 Å². The van der Waals surface area contributed by atoms with E-state index >= 15 is 0 Å². The Morgan fingerprint density at radius 2 is 1.97 bits per heavy atom. The lowest BCUT2D eigenvalue weighted by Crippen LogP contribution is -2.52. The van der Waals surface area contributed by atoms with Gasteiger partial charge < -0.3 is 10.2 Å². The Labute approximate surface area is 197 Å². The molecule has 2 atom stereocenters. The van der Waals surface area contributed by atoms with Crippen LogP contribution in [0.4, 0.5) is 4.79 Å². The van der Waals surface area contributed by atoms with Gasteiger partial charge in [-0.1, -0.05) is 6.07 Å². The van der Waals surface area contributed by atoms with Gasteiger partial charge in [0.2, 0.25) is 0 Å². The van der Waals surface area contributed by atoms with Crippen LogP contribution in [0.15, 0.2) is 41.0 Å². The summed E-state index contributed by atoms with van der Waals surface area (Å²) in [7, 11) is -2.85. The first-order chi connectivity index (χ1) is 15.7. The number of nitrogens with zero attached hydrogens (tertiary/aromatic N) is 5. The first kappa shape index (κ1) is 22.2. The van der Waals surface area contributed by atoms with Gasteiger partial charge in [-0.15, -0.1) is 11.3 Å². The van der Waals surface area contributed by atoms with Crippen LogP contribution in [0.5, 0.6) is 0 Å². The molecule has 2 aliphatic rings. The SMILES string of the molecule is C[C@H](c1ccc2scnc2c1)N1CCC2(CC1)CN(Cc1ncc(S(C)(=N)=O)cn1)C(=O)N2. The van der Waals surface area contributed by atoms with Gasteiger partial charge in [0.05, 0.1) is 42.4 Å². The van der Waals surface area contributed by atoms with E-state index in [1.165, 1.54) is 28.9 Å². The Morgan fingerprint density at radius 1 is 1.24 bits per heavy atom. The highest BCUT2D eigenvalue weighted by Gasteiger charge is 2.45. The van der Waals surface area contributed by atoms with E-state index in [1.54, 1.807) is 16.2 Å². The zero-order valence-corrected chi connectivity index (χ0v) is 20.3. The number of hydrogen-bond donors (Lipinski definition) is 2. The van der Waals surface area contributed by atoms with Crippen molar-refractivity contribution < 1.29 is 9.00 Å². The monoisotopic (exact) mass is 485 g/mol. The molecule has 2 N–H and O–H groups in total. The third-order valence-electron chi connectivity index (χ3n) is 6.76. The highest BCUT2D eigenvalue weighted by atomic mass is 32.2. The van der Waals surface area contributed by atoms with Crippen LogP contribution < -0.4 is 5.32 Å². The molecule has 1 aromatic carbocycles. The van der Waals surface area contributed by atoms with E-state index in [4.69, 9.17) is 4.78 Å². The molecule has 2 amide bonds. The van der Waals surface area contributed by atoms with Crippen molar-refractivity contribution in [3.05, 3.63) is 47.5 Å². The minimum atomic E-state index is -2.85. The number of rotatable bonds is 5. The second-order valence-corrected chi connectivity index (χ2v) is 12.1. The maximum absolute atomic E-state index is 12.7. The Morgan fingerprint density at radius 3 is 2.67 bits per heavy atom. The number of aromatic nitrogens is 3. The van der Waals surface area contributed by atoms with Crippen molar-refractivity contribution in [2.24, 2.45) is 0 Å². The van der Waals surface area contributed by atoms with Gasteiger partial charge >= 0.3 is 6.03 Å². The van der Waals surface area contributed by atoms with Crippen molar-refractivity contribution in [3.8, 4) is 0 Å². The molecular formula is C22H27N7O2S2. The first-order valence-corrected chi connectivity index (χ1v) is 13.8. The Kier molecular flexibility index (Phi) is 5.58. The number of carbonyl (C=O) groups excluding carboxylic acids is 1. The maximum atomic E-state index is 12.7. The molecule has 2 fully saturated rings. The van der Waals surface area contributed by atoms with Gasteiger partial charge in [-0.05, 0) is 37.5 Å². The van der Waals surface area contributed by atoms with Crippen LogP contribution in [0.1, 0.15) is 37.2 Å². The van der Waals surface area contributed by atoms with E-state index in [0.717, 1.165) is 31.4 Å². The zero-order valence-electron chi connectivity index (χ0n) is 18.7. The van der Waals surface area contributed by atoms with E-state index < -0.39 is 9.73 Å². The van der Waals surface area contributed by atoms with Crippen LogP contribution in [0, 0.1) is 4.78 Å². The van der Waals surface area contributed by atoms with Gasteiger partial charge in [-0.3, -0.25) is 4.90 Å². The summed E-state index contributed by atoms with van der Waals surface area (Å²) in [5.41, 5.74) is 3.97. The van der Waals surface area contributed by atoms with Gasteiger partial charge in [0.25, 0.3) is 0 Å². The summed E-state index contributed by atoms with van der Waals surface area (Å²) in [6, 6.07) is 6.72. The largest absolute Gasteiger partial charge is 0.331 e. The van der Waals surface area contributed by atoms with Crippen LogP contribution in [-0.2, 0) is 16.3 Å². The lowest BCUT2D eigenvalue weighted by atomic mass is 9.87. The van der Waals surface area contributed by atoms with Crippen molar-refractivity contribution in [3.63, 3.8) is 0 Å². The number of piperidine rings is 1. The predicted molar refractivity (Wildman–Crippen MR) is 128 cm³/mol. The smallest absolute Gasteiger partial charge is 0.318 e. The molecule has 0 radical (unpaired) electrons. The van der Waals surface area contributed by atoms with E-state index in [0.29, 0.717) is 29.9 Å². The summed E-state index contributed by atoms with van der Waals surface area (Å²) < 4.78 is 20.6. The summed E-state index contributed by atoms with van der Waals surface area (Å²) >= 11 is 1.66. The normalized spacial score (nSPS) is 21.3. The van der Waals surface area contributed by atoms with Gasteiger partial charge in [-0.25, -0.2) is 28.7 Å². The van der Waals surface area contributed by atoms with Crippen LogP contribution in [-0.4, -0.2) is 66.4 Å². The quantitative estimate of drug-likeness (QED) is 0.573. The van der Waals surface area contributed by atoms with E-state index in [1.807, 2.05) is 5.51 Å². The fourth-order valence-corrected chi connectivity index (χ4v) is 5.84. The third kappa shape index (κ3) is 4.44. The Bertz CT molecular complexity index is 1280. The average Bonchev–Trinajstić information content (AvgIpc) is 3.37. The molecule has 4 heterocycles. The van der Waals surface area contributed by atoms with Crippen molar-refractivity contribution in [1.82, 2.24) is 30.1 Å². The Balaban J connectivity index is 1.21. The zero-order chi connectivity index (χ0) is 23.2. The van der Waals surface area contributed by atoms with Gasteiger partial charge in [0, 0.05) is 44.3 Å². The number of hydrogen-bond acceptors (Lipinski definition) is 8. The molecule has 174 valence electrons. The number of fused-ring (bicyclic) bond motifs is 1. The molecule has 0 saturated carbocycles. The minimum Gasteiger partial charge on any atom is -0.331 e. The summed E-state index contributed by atoms with van der Waals surface area (Å²) in [6.07, 6.45) is 5.95. The fraction of sp³-hybridized carbons (Fsp3) is 0.455. The number of nitrogens with one attached hydrogen (secondary N) is 2. The lowest BCUT2D eigenvalue weighted by molar-refractivity contribution is 0.115. The average molecular weight is 486 g/mol. The van der Waals surface area contributed by atoms with Gasteiger partial charge in [0.1, 0.15) is 5.82 Å². The second-order valence-electron chi connectivity index (χ2n) is 9.04. The molecule has 1 unspecified atom stereocenters. The van der Waals surface area contributed by atoms with Gasteiger partial charge in [0.15, 0.2) is 0 Å². The molecule has 5 rings (SSSR count). The van der Waals surface area contributed by atoms with Crippen LogP contribution in [0.3, 0.4) is 0 Å². The second kappa shape index (κ2) is 8.30.